The molecule has 0 atom stereocenters. The molecule has 3 heterocycles. The molecule has 0 radical (unpaired) electrons. The molecule has 0 N–H and O–H groups in total. The van der Waals surface area contributed by atoms with Gasteiger partial charge >= 0.3 is 0 Å². The van der Waals surface area contributed by atoms with Gasteiger partial charge in [-0.05, 0) is 75.2 Å². The molecule has 0 spiro atoms. The minimum absolute atomic E-state index is 0.929. The largest absolute Gasteiger partial charge is 0.254 e. The highest BCUT2D eigenvalue weighted by Crippen LogP contribution is 2.42. The minimum Gasteiger partial charge on any atom is -0.254 e. The maximum Gasteiger partial charge on any atom is 0.101 e. The quantitative estimate of drug-likeness (QED) is 0.174. The zero-order valence-electron chi connectivity index (χ0n) is 27.6. The van der Waals surface area contributed by atoms with Gasteiger partial charge in [-0.3, -0.25) is 9.97 Å². The molecule has 0 fully saturated rings. The highest BCUT2D eigenvalue weighted by atomic mass is 15.3. The Kier molecular flexibility index (Phi) is 6.78. The lowest BCUT2D eigenvalue weighted by Crippen LogP contribution is -1.96. The molecule has 10 aromatic rings. The van der Waals surface area contributed by atoms with Crippen molar-refractivity contribution in [1.82, 2.24) is 19.7 Å². The average molecular weight is 651 g/mol. The highest BCUT2D eigenvalue weighted by molar-refractivity contribution is 6.17. The molecule has 238 valence electrons. The number of aromatic nitrogens is 4. The van der Waals surface area contributed by atoms with E-state index >= 15 is 0 Å². The summed E-state index contributed by atoms with van der Waals surface area (Å²) in [5.74, 6) is 0. The Bertz CT molecular complexity index is 2880. The summed E-state index contributed by atoms with van der Waals surface area (Å²) in [6, 6.07) is 60.2. The van der Waals surface area contributed by atoms with E-state index in [0.717, 1.165) is 71.9 Å². The number of rotatable bonds is 5. The zero-order valence-corrected chi connectivity index (χ0v) is 27.6. The molecule has 7 aromatic carbocycles. The summed E-state index contributed by atoms with van der Waals surface area (Å²) in [6.07, 6.45) is 3.67. The SMILES string of the molecule is c1ccc(-c2nn(-c3ccccc3)c3c2c(-c2ccc(-c4ccc(-c5cc6cccnc6c6ncccc56)cc4)cc2)cc2ccccc23)cc1. The molecule has 0 unspecified atom stereocenters. The second kappa shape index (κ2) is 11.9. The van der Waals surface area contributed by atoms with Gasteiger partial charge in [0.15, 0.2) is 0 Å². The fourth-order valence-corrected chi connectivity index (χ4v) is 7.47. The first kappa shape index (κ1) is 29.0. The van der Waals surface area contributed by atoms with E-state index in [1.807, 2.05) is 30.6 Å². The molecule has 0 amide bonds. The Labute approximate surface area is 294 Å². The second-order valence-corrected chi connectivity index (χ2v) is 12.9. The first-order chi connectivity index (χ1) is 25.3. The molecular formula is C47H30N4. The lowest BCUT2D eigenvalue weighted by atomic mass is 9.92. The van der Waals surface area contributed by atoms with Crippen LogP contribution < -0.4 is 0 Å². The van der Waals surface area contributed by atoms with E-state index in [9.17, 15) is 0 Å². The second-order valence-electron chi connectivity index (χ2n) is 12.9. The van der Waals surface area contributed by atoms with Gasteiger partial charge in [0.05, 0.1) is 22.2 Å². The molecule has 51 heavy (non-hydrogen) atoms. The van der Waals surface area contributed by atoms with Crippen LogP contribution in [0.4, 0.5) is 0 Å². The Morgan fingerprint density at radius 3 is 1.69 bits per heavy atom. The summed E-state index contributed by atoms with van der Waals surface area (Å²) in [5, 5.41) is 11.0. The predicted molar refractivity (Wildman–Crippen MR) is 211 cm³/mol. The van der Waals surface area contributed by atoms with Gasteiger partial charge in [0.25, 0.3) is 0 Å². The van der Waals surface area contributed by atoms with Crippen molar-refractivity contribution >= 4 is 43.5 Å². The summed E-state index contributed by atoms with van der Waals surface area (Å²) < 4.78 is 2.12. The highest BCUT2D eigenvalue weighted by Gasteiger charge is 2.21. The van der Waals surface area contributed by atoms with Crippen LogP contribution in [0.2, 0.25) is 0 Å². The molecule has 3 aromatic heterocycles. The molecule has 4 nitrogen and oxygen atoms in total. The van der Waals surface area contributed by atoms with Crippen molar-refractivity contribution in [1.29, 1.82) is 0 Å². The van der Waals surface area contributed by atoms with Crippen LogP contribution in [-0.2, 0) is 0 Å². The zero-order chi connectivity index (χ0) is 33.7. The van der Waals surface area contributed by atoms with Gasteiger partial charge in [-0.25, -0.2) is 4.68 Å². The Morgan fingerprint density at radius 1 is 0.392 bits per heavy atom. The Balaban J connectivity index is 1.09. The lowest BCUT2D eigenvalue weighted by molar-refractivity contribution is 0.918. The van der Waals surface area contributed by atoms with Gasteiger partial charge in [0.2, 0.25) is 0 Å². The van der Waals surface area contributed by atoms with Gasteiger partial charge in [0.1, 0.15) is 5.69 Å². The van der Waals surface area contributed by atoms with Crippen LogP contribution in [0.5, 0.6) is 0 Å². The fraction of sp³-hybridized carbons (Fsp3) is 0. The molecule has 0 aliphatic carbocycles. The van der Waals surface area contributed by atoms with E-state index < -0.39 is 0 Å². The van der Waals surface area contributed by atoms with Crippen LogP contribution in [0.3, 0.4) is 0 Å². The van der Waals surface area contributed by atoms with Crippen molar-refractivity contribution in [3.05, 3.63) is 182 Å². The lowest BCUT2D eigenvalue weighted by Gasteiger charge is -2.12. The minimum atomic E-state index is 0.929. The van der Waals surface area contributed by atoms with Crippen molar-refractivity contribution in [2.24, 2.45) is 0 Å². The third kappa shape index (κ3) is 4.88. The van der Waals surface area contributed by atoms with Crippen molar-refractivity contribution in [3.63, 3.8) is 0 Å². The van der Waals surface area contributed by atoms with Crippen LogP contribution in [0.1, 0.15) is 0 Å². The van der Waals surface area contributed by atoms with Crippen molar-refractivity contribution in [2.45, 2.75) is 0 Å². The van der Waals surface area contributed by atoms with E-state index in [-0.39, 0.29) is 0 Å². The summed E-state index contributed by atoms with van der Waals surface area (Å²) in [4.78, 5) is 9.33. The molecule has 0 aliphatic rings. The van der Waals surface area contributed by atoms with Gasteiger partial charge in [-0.1, -0.05) is 133 Å². The monoisotopic (exact) mass is 650 g/mol. The number of hydrogen-bond acceptors (Lipinski definition) is 3. The van der Waals surface area contributed by atoms with Crippen LogP contribution >= 0.6 is 0 Å². The number of benzene rings is 7. The van der Waals surface area contributed by atoms with Gasteiger partial charge in [0, 0.05) is 39.5 Å². The topological polar surface area (TPSA) is 43.6 Å². The van der Waals surface area contributed by atoms with Crippen molar-refractivity contribution in [3.8, 4) is 50.3 Å². The summed E-state index contributed by atoms with van der Waals surface area (Å²) in [7, 11) is 0. The fourth-order valence-electron chi connectivity index (χ4n) is 7.47. The van der Waals surface area contributed by atoms with Crippen LogP contribution in [0.15, 0.2) is 182 Å². The predicted octanol–water partition coefficient (Wildman–Crippen LogP) is 11.9. The molecule has 0 bridgehead atoms. The summed E-state index contributed by atoms with van der Waals surface area (Å²) in [6.45, 7) is 0. The first-order valence-corrected chi connectivity index (χ1v) is 17.2. The summed E-state index contributed by atoms with van der Waals surface area (Å²) >= 11 is 0. The number of para-hydroxylation sites is 1. The standard InChI is InChI=1S/C47H30N4/c1-3-11-35(12-4-1)44-43-42(29-36-13-7-8-17-39(36)47(43)51(50-44)38-15-5-2-6-16-38)34-25-21-32(22-26-34)31-19-23-33(24-20-31)41-30-37-14-9-27-48-45(37)46-40(41)18-10-28-49-46/h1-30H. The third-order valence-electron chi connectivity index (χ3n) is 9.90. The Hall–Kier alpha value is -6.91. The molecule has 10 rings (SSSR count). The maximum atomic E-state index is 5.31. The van der Waals surface area contributed by atoms with E-state index in [1.165, 1.54) is 21.9 Å². The van der Waals surface area contributed by atoms with E-state index in [2.05, 4.69) is 161 Å². The first-order valence-electron chi connectivity index (χ1n) is 17.2. The van der Waals surface area contributed by atoms with E-state index in [4.69, 9.17) is 10.1 Å². The van der Waals surface area contributed by atoms with E-state index in [1.54, 1.807) is 0 Å². The normalized spacial score (nSPS) is 11.5. The molecular weight excluding hydrogens is 621 g/mol. The molecule has 0 aliphatic heterocycles. The number of pyridine rings is 2. The third-order valence-corrected chi connectivity index (χ3v) is 9.90. The van der Waals surface area contributed by atoms with Crippen molar-refractivity contribution < 1.29 is 0 Å². The van der Waals surface area contributed by atoms with Crippen LogP contribution in [0.25, 0.3) is 93.8 Å². The average Bonchev–Trinajstić information content (AvgIpc) is 3.62. The number of nitrogens with zero attached hydrogens (tertiary/aromatic N) is 4. The van der Waals surface area contributed by atoms with Gasteiger partial charge < -0.3 is 0 Å². The van der Waals surface area contributed by atoms with E-state index in [0.29, 0.717) is 0 Å². The number of hydrogen-bond donors (Lipinski definition) is 0. The van der Waals surface area contributed by atoms with Crippen molar-refractivity contribution in [2.75, 3.05) is 0 Å². The smallest absolute Gasteiger partial charge is 0.101 e. The van der Waals surface area contributed by atoms with Gasteiger partial charge in [-0.15, -0.1) is 0 Å². The molecule has 4 heteroatoms. The van der Waals surface area contributed by atoms with Crippen LogP contribution in [-0.4, -0.2) is 19.7 Å². The summed E-state index contributed by atoms with van der Waals surface area (Å²) in [5.41, 5.74) is 13.0. The molecule has 0 saturated carbocycles. The van der Waals surface area contributed by atoms with Crippen LogP contribution in [0, 0.1) is 0 Å². The van der Waals surface area contributed by atoms with Gasteiger partial charge in [-0.2, -0.15) is 5.10 Å². The number of fused-ring (bicyclic) bond motifs is 6. The molecule has 0 saturated heterocycles. The maximum absolute atomic E-state index is 5.31. The Morgan fingerprint density at radius 2 is 0.941 bits per heavy atom.